The number of hydrogen-bond acceptors (Lipinski definition) is 5. The molecule has 1 aromatic carbocycles. The number of rotatable bonds is 7. The summed E-state index contributed by atoms with van der Waals surface area (Å²) in [6.45, 7) is 1.86. The number of likely N-dealkylation sites (tertiary alicyclic amines) is 1. The van der Waals surface area contributed by atoms with E-state index in [1.807, 2.05) is 46.8 Å². The number of likely N-dealkylation sites (N-methyl/N-ethyl adjacent to an activating group) is 1. The van der Waals surface area contributed by atoms with Crippen molar-refractivity contribution >= 4 is 5.91 Å². The minimum Gasteiger partial charge on any atom is -0.493 e. The monoisotopic (exact) mass is 381 g/mol. The molecule has 1 aliphatic heterocycles. The van der Waals surface area contributed by atoms with E-state index in [0.717, 1.165) is 18.5 Å². The number of hydrogen-bond donors (Lipinski definition) is 0. The Balaban J connectivity index is 1.65. The Hall–Kier alpha value is -3.29. The topological polar surface area (TPSA) is 74.4 Å². The minimum atomic E-state index is -0.243. The molecule has 8 heteroatoms. The molecule has 0 radical (unpaired) electrons. The average Bonchev–Trinajstić information content (AvgIpc) is 3.45. The van der Waals surface area contributed by atoms with Crippen LogP contribution >= 0.6 is 0 Å². The highest BCUT2D eigenvalue weighted by atomic mass is 16.5. The first-order valence-electron chi connectivity index (χ1n) is 9.22. The first kappa shape index (κ1) is 18.1. The van der Waals surface area contributed by atoms with Gasteiger partial charge in [0.2, 0.25) is 5.91 Å². The lowest BCUT2D eigenvalue weighted by molar-refractivity contribution is -0.129. The number of carbonyl (C=O) groups is 1. The van der Waals surface area contributed by atoms with E-state index in [2.05, 4.69) is 9.97 Å². The van der Waals surface area contributed by atoms with Gasteiger partial charge in [0.15, 0.2) is 11.5 Å². The van der Waals surface area contributed by atoms with Gasteiger partial charge in [-0.25, -0.2) is 9.97 Å². The van der Waals surface area contributed by atoms with Crippen LogP contribution in [0.5, 0.6) is 11.5 Å². The summed E-state index contributed by atoms with van der Waals surface area (Å²) in [7, 11) is 3.44. The van der Waals surface area contributed by atoms with Gasteiger partial charge < -0.3 is 23.5 Å². The molecule has 0 bridgehead atoms. The highest BCUT2D eigenvalue weighted by molar-refractivity contribution is 5.83. The fraction of sp³-hybridized carbons (Fsp3) is 0.350. The molecule has 146 valence electrons. The Labute approximate surface area is 163 Å². The second-order valence-corrected chi connectivity index (χ2v) is 6.71. The molecule has 0 saturated carbocycles. The van der Waals surface area contributed by atoms with Crippen molar-refractivity contribution in [3.05, 3.63) is 49.3 Å². The van der Waals surface area contributed by atoms with Crippen LogP contribution in [-0.2, 0) is 11.3 Å². The quantitative estimate of drug-likeness (QED) is 0.627. The van der Waals surface area contributed by atoms with E-state index >= 15 is 0 Å². The lowest BCUT2D eigenvalue weighted by Gasteiger charge is -2.18. The van der Waals surface area contributed by atoms with E-state index in [4.69, 9.17) is 9.47 Å². The zero-order chi connectivity index (χ0) is 19.5. The third kappa shape index (κ3) is 3.33. The van der Waals surface area contributed by atoms with Gasteiger partial charge in [0, 0.05) is 38.4 Å². The fourth-order valence-corrected chi connectivity index (χ4v) is 3.51. The Morgan fingerprint density at radius 1 is 1.25 bits per heavy atom. The number of imidazole rings is 2. The zero-order valence-corrected chi connectivity index (χ0v) is 16.0. The highest BCUT2D eigenvalue weighted by Crippen LogP contribution is 2.39. The Bertz CT molecular complexity index is 951. The Kier molecular flexibility index (Phi) is 5.01. The maximum absolute atomic E-state index is 12.5. The lowest BCUT2D eigenvalue weighted by atomic mass is 10.1. The van der Waals surface area contributed by atoms with Crippen LogP contribution in [0.15, 0.2) is 49.3 Å². The molecule has 3 aromatic rings. The van der Waals surface area contributed by atoms with Gasteiger partial charge >= 0.3 is 0 Å². The molecule has 28 heavy (non-hydrogen) atoms. The summed E-state index contributed by atoms with van der Waals surface area (Å²) in [6.07, 6.45) is 9.71. The Morgan fingerprint density at radius 3 is 2.86 bits per heavy atom. The normalized spacial score (nSPS) is 16.6. The lowest BCUT2D eigenvalue weighted by Crippen LogP contribution is -2.24. The maximum Gasteiger partial charge on any atom is 0.245 e. The van der Waals surface area contributed by atoms with Crippen LogP contribution in [0.2, 0.25) is 0 Å². The van der Waals surface area contributed by atoms with E-state index in [0.29, 0.717) is 30.5 Å². The predicted octanol–water partition coefficient (Wildman–Crippen LogP) is 2.24. The average molecular weight is 381 g/mol. The van der Waals surface area contributed by atoms with Crippen LogP contribution in [0.3, 0.4) is 0 Å². The number of methoxy groups -OCH3 is 1. The molecule has 2 aromatic heterocycles. The van der Waals surface area contributed by atoms with Crippen LogP contribution in [0.25, 0.3) is 11.4 Å². The summed E-state index contributed by atoms with van der Waals surface area (Å²) in [6, 6.07) is 5.46. The fourth-order valence-electron chi connectivity index (χ4n) is 3.51. The first-order chi connectivity index (χ1) is 13.7. The maximum atomic E-state index is 12.5. The largest absolute Gasteiger partial charge is 0.493 e. The summed E-state index contributed by atoms with van der Waals surface area (Å²) < 4.78 is 15.5. The van der Waals surface area contributed by atoms with E-state index in [-0.39, 0.29) is 11.9 Å². The van der Waals surface area contributed by atoms with Crippen molar-refractivity contribution in [2.45, 2.75) is 19.0 Å². The molecule has 1 atom stereocenters. The summed E-state index contributed by atoms with van der Waals surface area (Å²) in [5.41, 5.74) is 0.803. The van der Waals surface area contributed by atoms with Crippen molar-refractivity contribution in [2.24, 2.45) is 0 Å². The van der Waals surface area contributed by atoms with Gasteiger partial charge in [-0.1, -0.05) is 6.07 Å². The molecule has 0 N–H and O–H groups in total. The van der Waals surface area contributed by atoms with E-state index in [1.54, 1.807) is 30.7 Å². The van der Waals surface area contributed by atoms with Crippen LogP contribution < -0.4 is 9.47 Å². The number of carbonyl (C=O) groups excluding carboxylic acids is 1. The summed E-state index contributed by atoms with van der Waals surface area (Å²) >= 11 is 0. The molecule has 1 aliphatic rings. The molecular formula is C20H23N5O3. The van der Waals surface area contributed by atoms with Gasteiger partial charge in [-0.2, -0.15) is 0 Å². The Morgan fingerprint density at radius 2 is 2.14 bits per heavy atom. The molecule has 1 fully saturated rings. The molecule has 0 aliphatic carbocycles. The van der Waals surface area contributed by atoms with Gasteiger partial charge in [-0.05, 0) is 18.6 Å². The third-order valence-corrected chi connectivity index (χ3v) is 5.00. The second kappa shape index (κ2) is 7.75. The van der Waals surface area contributed by atoms with Crippen molar-refractivity contribution in [1.82, 2.24) is 24.0 Å². The molecule has 1 unspecified atom stereocenters. The molecule has 1 amide bonds. The van der Waals surface area contributed by atoms with Crippen molar-refractivity contribution < 1.29 is 14.3 Å². The second-order valence-electron chi connectivity index (χ2n) is 6.71. The molecular weight excluding hydrogens is 358 g/mol. The number of benzene rings is 1. The molecule has 8 nitrogen and oxygen atoms in total. The number of amides is 1. The molecule has 1 saturated heterocycles. The van der Waals surface area contributed by atoms with Crippen LogP contribution in [0, 0.1) is 0 Å². The molecule has 4 rings (SSSR count). The van der Waals surface area contributed by atoms with Crippen LogP contribution in [0.1, 0.15) is 12.5 Å². The van der Waals surface area contributed by atoms with Gasteiger partial charge in [0.05, 0.1) is 25.5 Å². The van der Waals surface area contributed by atoms with E-state index < -0.39 is 0 Å². The highest BCUT2D eigenvalue weighted by Gasteiger charge is 2.32. The number of ether oxygens (including phenoxy) is 2. The van der Waals surface area contributed by atoms with Crippen molar-refractivity contribution in [3.8, 4) is 22.9 Å². The predicted molar refractivity (Wildman–Crippen MR) is 103 cm³/mol. The van der Waals surface area contributed by atoms with Gasteiger partial charge in [0.25, 0.3) is 0 Å². The summed E-state index contributed by atoms with van der Waals surface area (Å²) in [5, 5.41) is 0. The molecule has 0 spiro atoms. The van der Waals surface area contributed by atoms with Crippen LogP contribution in [-0.4, -0.2) is 57.2 Å². The standard InChI is InChI=1S/C20H23N5O3/c1-23-9-6-16(20(23)26)25-11-8-22-19(25)15-4-3-5-17(27-2)18(15)28-13-12-24-10-7-21-14-24/h3-5,7-8,10-11,14,16H,6,9,12-13H2,1-2H3. The van der Waals surface area contributed by atoms with Crippen molar-refractivity contribution in [3.63, 3.8) is 0 Å². The number of para-hydroxylation sites is 1. The van der Waals surface area contributed by atoms with Crippen molar-refractivity contribution in [1.29, 1.82) is 0 Å². The van der Waals surface area contributed by atoms with E-state index in [1.165, 1.54) is 0 Å². The summed E-state index contributed by atoms with van der Waals surface area (Å²) in [4.78, 5) is 22.8. The van der Waals surface area contributed by atoms with E-state index in [9.17, 15) is 4.79 Å². The number of nitrogens with zero attached hydrogens (tertiary/aromatic N) is 5. The van der Waals surface area contributed by atoms with Crippen molar-refractivity contribution in [2.75, 3.05) is 27.3 Å². The third-order valence-electron chi connectivity index (χ3n) is 5.00. The first-order valence-corrected chi connectivity index (χ1v) is 9.22. The minimum absolute atomic E-state index is 0.102. The van der Waals surface area contributed by atoms with Gasteiger partial charge in [-0.3, -0.25) is 4.79 Å². The van der Waals surface area contributed by atoms with Crippen LogP contribution in [0.4, 0.5) is 0 Å². The number of aromatic nitrogens is 4. The SMILES string of the molecule is COc1cccc(-c2nccn2C2CCN(C)C2=O)c1OCCn1ccnc1. The summed E-state index contributed by atoms with van der Waals surface area (Å²) in [5.74, 6) is 2.05. The smallest absolute Gasteiger partial charge is 0.245 e. The molecule has 3 heterocycles. The van der Waals surface area contributed by atoms with Gasteiger partial charge in [-0.15, -0.1) is 0 Å². The zero-order valence-electron chi connectivity index (χ0n) is 16.0. The van der Waals surface area contributed by atoms with Gasteiger partial charge in [0.1, 0.15) is 18.5 Å².